The van der Waals surface area contributed by atoms with Gasteiger partial charge in [0.15, 0.2) is 0 Å². The third kappa shape index (κ3) is 5.39. The molecule has 0 saturated heterocycles. The zero-order chi connectivity index (χ0) is 27.6. The van der Waals surface area contributed by atoms with Crippen LogP contribution in [0.2, 0.25) is 0 Å². The van der Waals surface area contributed by atoms with Gasteiger partial charge < -0.3 is 14.2 Å². The fourth-order valence-corrected chi connectivity index (χ4v) is 4.38. The van der Waals surface area contributed by atoms with Crippen LogP contribution in [0.3, 0.4) is 0 Å². The number of benzene rings is 1. The Bertz CT molecular complexity index is 1580. The van der Waals surface area contributed by atoms with Crippen molar-refractivity contribution < 1.29 is 17.9 Å². The van der Waals surface area contributed by atoms with Crippen molar-refractivity contribution in [1.29, 1.82) is 0 Å². The van der Waals surface area contributed by atoms with Gasteiger partial charge in [-0.15, -0.1) is 0 Å². The minimum Gasteiger partial charge on any atom is -0.487 e. The summed E-state index contributed by atoms with van der Waals surface area (Å²) in [4.78, 5) is 27.9. The van der Waals surface area contributed by atoms with Crippen molar-refractivity contribution in [3.05, 3.63) is 98.9 Å². The van der Waals surface area contributed by atoms with E-state index in [2.05, 4.69) is 9.98 Å². The third-order valence-corrected chi connectivity index (χ3v) is 6.20. The Kier molecular flexibility index (Phi) is 7.52. The summed E-state index contributed by atoms with van der Waals surface area (Å²) in [6.45, 7) is 3.73. The summed E-state index contributed by atoms with van der Waals surface area (Å²) in [5.41, 5.74) is 2.03. The normalized spacial score (nSPS) is 12.2. The highest BCUT2D eigenvalue weighted by atomic mass is 19.4. The molecule has 0 amide bonds. The average Bonchev–Trinajstić information content (AvgIpc) is 2.84. The lowest BCUT2D eigenvalue weighted by molar-refractivity contribution is -0.138. The number of ether oxygens (including phenoxy) is 1. The van der Waals surface area contributed by atoms with E-state index in [-0.39, 0.29) is 13.2 Å². The quantitative estimate of drug-likeness (QED) is 0.263. The number of para-hydroxylation sites is 1. The Morgan fingerprint density at radius 1 is 1.13 bits per heavy atom. The number of rotatable bonds is 6. The monoisotopic (exact) mass is 523 g/mol. The molecule has 0 N–H and O–H groups in total. The van der Waals surface area contributed by atoms with Gasteiger partial charge in [0.1, 0.15) is 29.3 Å². The molecule has 0 bridgehead atoms. The summed E-state index contributed by atoms with van der Waals surface area (Å²) in [5, 5.41) is 0.876. The van der Waals surface area contributed by atoms with E-state index in [1.54, 1.807) is 19.3 Å². The lowest BCUT2D eigenvalue weighted by Gasteiger charge is -2.19. The van der Waals surface area contributed by atoms with Crippen molar-refractivity contribution in [2.45, 2.75) is 33.2 Å². The highest BCUT2D eigenvalue weighted by Gasteiger charge is 2.34. The van der Waals surface area contributed by atoms with Crippen LogP contribution in [-0.2, 0) is 19.3 Å². The standard InChI is InChI=1S/C28H28F3N5O2/c1-17-11-12-33-23(15-36-13-7-9-22(27(36)37)28(29,30)31)21(17)16-38-24-10-6-8-19-20(26(32-3)35(4)5)14-18(2)34-25(19)24/h6-14H,15-16H2,1-5H3. The summed E-state index contributed by atoms with van der Waals surface area (Å²) < 4.78 is 47.0. The molecule has 0 saturated carbocycles. The summed E-state index contributed by atoms with van der Waals surface area (Å²) in [7, 11) is 5.58. The number of hydrogen-bond donors (Lipinski definition) is 0. The van der Waals surface area contributed by atoms with Crippen LogP contribution in [0, 0.1) is 13.8 Å². The predicted octanol–water partition coefficient (Wildman–Crippen LogP) is 4.99. The maximum atomic E-state index is 13.3. The van der Waals surface area contributed by atoms with Gasteiger partial charge in [-0.05, 0) is 49.7 Å². The number of hydrogen-bond acceptors (Lipinski definition) is 5. The molecule has 0 radical (unpaired) electrons. The van der Waals surface area contributed by atoms with Gasteiger partial charge in [0.25, 0.3) is 5.56 Å². The van der Waals surface area contributed by atoms with Gasteiger partial charge in [0.2, 0.25) is 0 Å². The molecule has 198 valence electrons. The predicted molar refractivity (Wildman–Crippen MR) is 141 cm³/mol. The van der Waals surface area contributed by atoms with E-state index >= 15 is 0 Å². The maximum absolute atomic E-state index is 13.3. The second-order valence-electron chi connectivity index (χ2n) is 9.10. The summed E-state index contributed by atoms with van der Waals surface area (Å²) >= 11 is 0. The minimum absolute atomic E-state index is 0.0925. The average molecular weight is 524 g/mol. The molecule has 10 heteroatoms. The Balaban J connectivity index is 1.71. The van der Waals surface area contributed by atoms with Gasteiger partial charge >= 0.3 is 6.18 Å². The smallest absolute Gasteiger partial charge is 0.421 e. The van der Waals surface area contributed by atoms with E-state index in [0.717, 1.165) is 38.7 Å². The van der Waals surface area contributed by atoms with Gasteiger partial charge in [-0.25, -0.2) is 4.98 Å². The molecule has 0 spiro atoms. The van der Waals surface area contributed by atoms with Gasteiger partial charge in [-0.2, -0.15) is 13.2 Å². The molecule has 0 aliphatic heterocycles. The highest BCUT2D eigenvalue weighted by Crippen LogP contribution is 2.30. The van der Waals surface area contributed by atoms with Crippen LogP contribution in [0.1, 0.15) is 33.6 Å². The number of amidine groups is 1. The van der Waals surface area contributed by atoms with Crippen molar-refractivity contribution in [3.8, 4) is 5.75 Å². The SMILES string of the molecule is CN=C(c1cc(C)nc2c(OCc3c(C)ccnc3Cn3cccc(C(F)(F)F)c3=O)cccc12)N(C)C. The van der Waals surface area contributed by atoms with Gasteiger partial charge in [-0.3, -0.25) is 14.8 Å². The lowest BCUT2D eigenvalue weighted by atomic mass is 10.1. The molecule has 38 heavy (non-hydrogen) atoms. The van der Waals surface area contributed by atoms with Crippen LogP contribution in [0.4, 0.5) is 13.2 Å². The lowest BCUT2D eigenvalue weighted by Crippen LogP contribution is -2.29. The highest BCUT2D eigenvalue weighted by molar-refractivity contribution is 6.09. The molecule has 0 unspecified atom stereocenters. The Morgan fingerprint density at radius 2 is 1.89 bits per heavy atom. The molecule has 0 atom stereocenters. The molecule has 0 aliphatic rings. The first kappa shape index (κ1) is 26.8. The fraction of sp³-hybridized carbons (Fsp3) is 0.286. The van der Waals surface area contributed by atoms with Crippen LogP contribution in [0.25, 0.3) is 10.9 Å². The first-order valence-corrected chi connectivity index (χ1v) is 11.9. The Labute approximate surface area is 218 Å². The van der Waals surface area contributed by atoms with Crippen molar-refractivity contribution in [2.75, 3.05) is 21.1 Å². The van der Waals surface area contributed by atoms with Gasteiger partial charge in [-0.1, -0.05) is 12.1 Å². The number of aryl methyl sites for hydroxylation is 2. The zero-order valence-corrected chi connectivity index (χ0v) is 21.8. The summed E-state index contributed by atoms with van der Waals surface area (Å²) in [5.74, 6) is 1.35. The number of alkyl halides is 3. The number of nitrogens with zero attached hydrogens (tertiary/aromatic N) is 5. The van der Waals surface area contributed by atoms with Crippen molar-refractivity contribution in [2.24, 2.45) is 4.99 Å². The Hall–Kier alpha value is -4.21. The van der Waals surface area contributed by atoms with E-state index in [0.29, 0.717) is 22.5 Å². The maximum Gasteiger partial charge on any atom is 0.421 e. The van der Waals surface area contributed by atoms with E-state index in [1.165, 1.54) is 12.3 Å². The number of halogens is 3. The second-order valence-corrected chi connectivity index (χ2v) is 9.10. The number of fused-ring (bicyclic) bond motifs is 1. The second kappa shape index (κ2) is 10.6. The van der Waals surface area contributed by atoms with E-state index in [4.69, 9.17) is 9.72 Å². The number of aliphatic imine (C=N–C) groups is 1. The van der Waals surface area contributed by atoms with Crippen molar-refractivity contribution in [3.63, 3.8) is 0 Å². The molecule has 1 aromatic carbocycles. The van der Waals surface area contributed by atoms with Crippen molar-refractivity contribution >= 4 is 16.7 Å². The first-order chi connectivity index (χ1) is 18.0. The van der Waals surface area contributed by atoms with Crippen LogP contribution in [-0.4, -0.2) is 46.4 Å². The van der Waals surface area contributed by atoms with E-state index in [1.807, 2.05) is 57.1 Å². The molecule has 0 fully saturated rings. The zero-order valence-electron chi connectivity index (χ0n) is 21.8. The minimum atomic E-state index is -4.74. The summed E-state index contributed by atoms with van der Waals surface area (Å²) in [6, 6.07) is 11.4. The van der Waals surface area contributed by atoms with Gasteiger partial charge in [0, 0.05) is 55.7 Å². The van der Waals surface area contributed by atoms with Crippen molar-refractivity contribution in [1.82, 2.24) is 19.4 Å². The first-order valence-electron chi connectivity index (χ1n) is 11.9. The van der Waals surface area contributed by atoms with Crippen LogP contribution in [0.5, 0.6) is 5.75 Å². The Morgan fingerprint density at radius 3 is 2.58 bits per heavy atom. The number of pyridine rings is 3. The third-order valence-electron chi connectivity index (χ3n) is 6.20. The molecular formula is C28H28F3N5O2. The van der Waals surface area contributed by atoms with E-state index in [9.17, 15) is 18.0 Å². The molecule has 3 aromatic heterocycles. The van der Waals surface area contributed by atoms with Crippen LogP contribution >= 0.6 is 0 Å². The summed E-state index contributed by atoms with van der Waals surface area (Å²) in [6.07, 6.45) is -1.85. The molecule has 4 rings (SSSR count). The van der Waals surface area contributed by atoms with Gasteiger partial charge in [0.05, 0.1) is 12.2 Å². The van der Waals surface area contributed by atoms with Crippen LogP contribution in [0.15, 0.2) is 64.6 Å². The van der Waals surface area contributed by atoms with Crippen LogP contribution < -0.4 is 10.3 Å². The molecule has 7 nitrogen and oxygen atoms in total. The fourth-order valence-electron chi connectivity index (χ4n) is 4.38. The van der Waals surface area contributed by atoms with E-state index < -0.39 is 17.3 Å². The molecule has 0 aliphatic carbocycles. The largest absolute Gasteiger partial charge is 0.487 e. The molecular weight excluding hydrogens is 495 g/mol. The topological polar surface area (TPSA) is 72.6 Å². The molecule has 3 heterocycles. The number of aromatic nitrogens is 3. The molecule has 4 aromatic rings.